The van der Waals surface area contributed by atoms with Crippen molar-refractivity contribution in [1.82, 2.24) is 4.31 Å². The van der Waals surface area contributed by atoms with Crippen LogP contribution in [-0.2, 0) is 26.1 Å². The summed E-state index contributed by atoms with van der Waals surface area (Å²) in [5.41, 5.74) is 1.70. The lowest BCUT2D eigenvalue weighted by Gasteiger charge is -2.21. The summed E-state index contributed by atoms with van der Waals surface area (Å²) in [6.07, 6.45) is 2.29. The summed E-state index contributed by atoms with van der Waals surface area (Å²) in [7, 11) is -1.04. The van der Waals surface area contributed by atoms with Crippen LogP contribution in [0.15, 0.2) is 65.7 Å². The Kier molecular flexibility index (Phi) is 6.41. The van der Waals surface area contributed by atoms with Gasteiger partial charge in [0.1, 0.15) is 5.75 Å². The van der Waals surface area contributed by atoms with Crippen LogP contribution in [0.1, 0.15) is 11.1 Å². The summed E-state index contributed by atoms with van der Waals surface area (Å²) in [5.74, 6) is 0.0376. The van der Waals surface area contributed by atoms with E-state index in [1.54, 1.807) is 43.5 Å². The lowest BCUT2D eigenvalue weighted by molar-refractivity contribution is -0.134. The van der Waals surface area contributed by atoms with Crippen molar-refractivity contribution in [2.24, 2.45) is 0 Å². The molecule has 2 aromatic rings. The first kappa shape index (κ1) is 19.5. The quantitative estimate of drug-likeness (QED) is 0.550. The van der Waals surface area contributed by atoms with Crippen LogP contribution in [0.3, 0.4) is 0 Å². The molecule has 2 aromatic carbocycles. The largest absolute Gasteiger partial charge is 0.497 e. The summed E-state index contributed by atoms with van der Waals surface area (Å²) in [6, 6.07) is 13.6. The van der Waals surface area contributed by atoms with E-state index in [0.29, 0.717) is 5.75 Å². The van der Waals surface area contributed by atoms with Crippen molar-refractivity contribution in [2.75, 3.05) is 14.2 Å². The number of hydrogen-bond acceptors (Lipinski definition) is 5. The Hall–Kier alpha value is -2.80. The summed E-state index contributed by atoms with van der Waals surface area (Å²) in [5, 5.41) is 0. The van der Waals surface area contributed by atoms with Crippen molar-refractivity contribution in [2.45, 2.75) is 18.4 Å². The van der Waals surface area contributed by atoms with Gasteiger partial charge in [-0.25, -0.2) is 13.2 Å². The zero-order chi connectivity index (χ0) is 19.2. The smallest absolute Gasteiger partial charge is 0.331 e. The van der Waals surface area contributed by atoms with Crippen LogP contribution >= 0.6 is 0 Å². The molecule has 0 spiro atoms. The fourth-order valence-corrected chi connectivity index (χ4v) is 3.48. The van der Waals surface area contributed by atoms with Crippen LogP contribution in [0.5, 0.6) is 5.75 Å². The van der Waals surface area contributed by atoms with Gasteiger partial charge in [-0.05, 0) is 36.8 Å². The lowest BCUT2D eigenvalue weighted by atomic mass is 10.2. The molecule has 2 rings (SSSR count). The third kappa shape index (κ3) is 4.86. The Morgan fingerprint density at radius 3 is 2.19 bits per heavy atom. The van der Waals surface area contributed by atoms with Gasteiger partial charge in [0.25, 0.3) is 10.0 Å². The number of esters is 1. The van der Waals surface area contributed by atoms with Crippen molar-refractivity contribution < 1.29 is 22.7 Å². The zero-order valence-corrected chi connectivity index (χ0v) is 15.7. The first-order chi connectivity index (χ1) is 12.4. The highest BCUT2D eigenvalue weighted by atomic mass is 32.2. The van der Waals surface area contributed by atoms with Gasteiger partial charge >= 0.3 is 5.97 Å². The molecule has 138 valence electrons. The van der Waals surface area contributed by atoms with Crippen LogP contribution in [0.2, 0.25) is 0 Å². The van der Waals surface area contributed by atoms with Gasteiger partial charge in [0.05, 0.1) is 25.7 Å². The van der Waals surface area contributed by atoms with Crippen LogP contribution in [0.25, 0.3) is 0 Å². The van der Waals surface area contributed by atoms with Crippen LogP contribution in [-0.4, -0.2) is 32.9 Å². The van der Waals surface area contributed by atoms with Gasteiger partial charge in [-0.3, -0.25) is 4.31 Å². The predicted octanol–water partition coefficient (Wildman–Crippen LogP) is 2.88. The first-order valence-corrected chi connectivity index (χ1v) is 9.28. The molecule has 0 saturated heterocycles. The zero-order valence-electron chi connectivity index (χ0n) is 14.9. The third-order valence-electron chi connectivity index (χ3n) is 3.70. The molecule has 0 aliphatic carbocycles. The fraction of sp³-hybridized carbons (Fsp3) is 0.211. The Labute approximate surface area is 153 Å². The van der Waals surface area contributed by atoms with Crippen molar-refractivity contribution >= 4 is 16.0 Å². The number of ether oxygens (including phenoxy) is 2. The second-order valence-corrected chi connectivity index (χ2v) is 7.44. The molecule has 0 unspecified atom stereocenters. The molecule has 0 bridgehead atoms. The maximum atomic E-state index is 13.0. The number of nitrogens with zero attached hydrogens (tertiary/aromatic N) is 1. The molecule has 26 heavy (non-hydrogen) atoms. The SMILES string of the molecule is COC(=O)/C=C/N(Cc1ccc(OC)cc1)S(=O)(=O)c1ccc(C)cc1. The normalized spacial score (nSPS) is 11.3. The van der Waals surface area contributed by atoms with E-state index in [-0.39, 0.29) is 11.4 Å². The van der Waals surface area contributed by atoms with Gasteiger partial charge in [-0.15, -0.1) is 0 Å². The molecular weight excluding hydrogens is 354 g/mol. The van der Waals surface area contributed by atoms with Gasteiger partial charge in [0.15, 0.2) is 0 Å². The second kappa shape index (κ2) is 8.53. The minimum absolute atomic E-state index is 0.0632. The van der Waals surface area contributed by atoms with E-state index >= 15 is 0 Å². The predicted molar refractivity (Wildman–Crippen MR) is 98.1 cm³/mol. The maximum absolute atomic E-state index is 13.0. The monoisotopic (exact) mass is 375 g/mol. The molecule has 0 saturated carbocycles. The Morgan fingerprint density at radius 1 is 1.04 bits per heavy atom. The molecule has 6 nitrogen and oxygen atoms in total. The molecule has 7 heteroatoms. The molecule has 0 amide bonds. The molecule has 0 radical (unpaired) electrons. The van der Waals surface area contributed by atoms with Gasteiger partial charge in [-0.2, -0.15) is 0 Å². The van der Waals surface area contributed by atoms with Gasteiger partial charge in [0, 0.05) is 12.3 Å². The summed E-state index contributed by atoms with van der Waals surface area (Å²) < 4.78 is 36.7. The Bertz CT molecular complexity index is 871. The highest BCUT2D eigenvalue weighted by Crippen LogP contribution is 2.21. The van der Waals surface area contributed by atoms with Gasteiger partial charge in [-0.1, -0.05) is 29.8 Å². The molecule has 0 N–H and O–H groups in total. The van der Waals surface area contributed by atoms with Crippen molar-refractivity contribution in [3.63, 3.8) is 0 Å². The van der Waals surface area contributed by atoms with Gasteiger partial charge in [0.2, 0.25) is 0 Å². The minimum Gasteiger partial charge on any atom is -0.497 e. The number of hydrogen-bond donors (Lipinski definition) is 0. The van der Waals surface area contributed by atoms with Crippen molar-refractivity contribution in [3.05, 3.63) is 71.9 Å². The molecule has 0 fully saturated rings. The van der Waals surface area contributed by atoms with Crippen molar-refractivity contribution in [1.29, 1.82) is 0 Å². The van der Waals surface area contributed by atoms with E-state index in [2.05, 4.69) is 4.74 Å². The molecule has 0 aliphatic heterocycles. The van der Waals surface area contributed by atoms with E-state index in [9.17, 15) is 13.2 Å². The lowest BCUT2D eigenvalue weighted by Crippen LogP contribution is -2.26. The number of carbonyl (C=O) groups is 1. The van der Waals surface area contributed by atoms with E-state index in [1.165, 1.54) is 25.4 Å². The number of aryl methyl sites for hydroxylation is 1. The average molecular weight is 375 g/mol. The highest BCUT2D eigenvalue weighted by Gasteiger charge is 2.22. The standard InChI is InChI=1S/C19H21NO5S/c1-15-4-10-18(11-5-15)26(22,23)20(13-12-19(21)25-3)14-16-6-8-17(24-2)9-7-16/h4-13H,14H2,1-3H3/b13-12+. The van der Waals surface area contributed by atoms with E-state index in [4.69, 9.17) is 4.74 Å². The second-order valence-electron chi connectivity index (χ2n) is 5.55. The Morgan fingerprint density at radius 2 is 1.65 bits per heavy atom. The number of benzene rings is 2. The van der Waals surface area contributed by atoms with E-state index in [0.717, 1.165) is 21.5 Å². The highest BCUT2D eigenvalue weighted by molar-refractivity contribution is 7.89. The number of carbonyl (C=O) groups excluding carboxylic acids is 1. The first-order valence-electron chi connectivity index (χ1n) is 7.84. The van der Waals surface area contributed by atoms with Crippen LogP contribution < -0.4 is 4.74 Å². The van der Waals surface area contributed by atoms with Crippen molar-refractivity contribution in [3.8, 4) is 5.75 Å². The Balaban J connectivity index is 2.37. The minimum atomic E-state index is -3.83. The third-order valence-corrected chi connectivity index (χ3v) is 5.44. The summed E-state index contributed by atoms with van der Waals surface area (Å²) in [6.45, 7) is 1.94. The number of rotatable bonds is 7. The van der Waals surface area contributed by atoms with Crippen LogP contribution in [0.4, 0.5) is 0 Å². The number of sulfonamides is 1. The average Bonchev–Trinajstić information content (AvgIpc) is 2.65. The molecular formula is C19H21NO5S. The van der Waals surface area contributed by atoms with Crippen LogP contribution in [0, 0.1) is 6.92 Å². The summed E-state index contributed by atoms with van der Waals surface area (Å²) in [4.78, 5) is 11.6. The topological polar surface area (TPSA) is 72.9 Å². The molecule has 0 atom stereocenters. The molecule has 0 heterocycles. The van der Waals surface area contributed by atoms with E-state index in [1.807, 2.05) is 6.92 Å². The summed E-state index contributed by atoms with van der Waals surface area (Å²) >= 11 is 0. The fourth-order valence-electron chi connectivity index (χ4n) is 2.19. The molecule has 0 aromatic heterocycles. The number of methoxy groups -OCH3 is 2. The molecule has 0 aliphatic rings. The van der Waals surface area contributed by atoms with Gasteiger partial charge < -0.3 is 9.47 Å². The maximum Gasteiger partial charge on any atom is 0.331 e. The van der Waals surface area contributed by atoms with E-state index < -0.39 is 16.0 Å².